The third-order valence-corrected chi connectivity index (χ3v) is 3.98. The van der Waals surface area contributed by atoms with Crippen LogP contribution in [0.2, 0.25) is 0 Å². The molecule has 0 radical (unpaired) electrons. The number of rotatable bonds is 6. The summed E-state index contributed by atoms with van der Waals surface area (Å²) in [5, 5.41) is 4.28. The molecule has 0 fully saturated rings. The standard InChI is InChI=1S/C19H23N3O3/c1-14-17(15(2)22(4)20-14)10-11-19(24)25-13-18(23)21(3)12-16-8-6-5-7-9-16/h5-11H,12-13H2,1-4H3/b11-10+. The molecule has 0 bridgehead atoms. The highest BCUT2D eigenvalue weighted by Crippen LogP contribution is 2.13. The maximum atomic E-state index is 12.0. The predicted molar refractivity (Wildman–Crippen MR) is 95.6 cm³/mol. The second-order valence-electron chi connectivity index (χ2n) is 5.88. The van der Waals surface area contributed by atoms with E-state index in [0.29, 0.717) is 6.54 Å². The fourth-order valence-electron chi connectivity index (χ4n) is 2.42. The van der Waals surface area contributed by atoms with Crippen LogP contribution in [0.25, 0.3) is 6.08 Å². The zero-order valence-corrected chi connectivity index (χ0v) is 15.0. The first kappa shape index (κ1) is 18.4. The van der Waals surface area contributed by atoms with Gasteiger partial charge in [0.1, 0.15) is 0 Å². The van der Waals surface area contributed by atoms with E-state index in [1.807, 2.05) is 51.2 Å². The number of aryl methyl sites for hydroxylation is 2. The number of hydrogen-bond acceptors (Lipinski definition) is 4. The smallest absolute Gasteiger partial charge is 0.331 e. The van der Waals surface area contributed by atoms with E-state index in [9.17, 15) is 9.59 Å². The van der Waals surface area contributed by atoms with Crippen molar-refractivity contribution >= 4 is 18.0 Å². The van der Waals surface area contributed by atoms with Crippen molar-refractivity contribution in [2.75, 3.05) is 13.7 Å². The van der Waals surface area contributed by atoms with Crippen LogP contribution < -0.4 is 0 Å². The second-order valence-corrected chi connectivity index (χ2v) is 5.88. The van der Waals surface area contributed by atoms with Gasteiger partial charge in [-0.05, 0) is 25.5 Å². The SMILES string of the molecule is Cc1nn(C)c(C)c1/C=C/C(=O)OCC(=O)N(C)Cc1ccccc1. The van der Waals surface area contributed by atoms with E-state index >= 15 is 0 Å². The van der Waals surface area contributed by atoms with Gasteiger partial charge >= 0.3 is 5.97 Å². The molecule has 6 nitrogen and oxygen atoms in total. The Morgan fingerprint density at radius 1 is 1.24 bits per heavy atom. The Labute approximate surface area is 147 Å². The van der Waals surface area contributed by atoms with E-state index in [0.717, 1.165) is 22.5 Å². The summed E-state index contributed by atoms with van der Waals surface area (Å²) >= 11 is 0. The van der Waals surface area contributed by atoms with E-state index in [-0.39, 0.29) is 12.5 Å². The molecule has 6 heteroatoms. The van der Waals surface area contributed by atoms with Crippen LogP contribution in [0.5, 0.6) is 0 Å². The molecule has 0 aliphatic rings. The van der Waals surface area contributed by atoms with Crippen molar-refractivity contribution in [3.63, 3.8) is 0 Å². The zero-order valence-electron chi connectivity index (χ0n) is 15.0. The van der Waals surface area contributed by atoms with Crippen molar-refractivity contribution in [3.8, 4) is 0 Å². The maximum absolute atomic E-state index is 12.0. The second kappa shape index (κ2) is 8.28. The third kappa shape index (κ3) is 5.04. The molecule has 0 saturated carbocycles. The summed E-state index contributed by atoms with van der Waals surface area (Å²) in [6.45, 7) is 3.99. The van der Waals surface area contributed by atoms with Crippen molar-refractivity contribution < 1.29 is 14.3 Å². The summed E-state index contributed by atoms with van der Waals surface area (Å²) < 4.78 is 6.78. The molecule has 132 valence electrons. The molecule has 0 aliphatic heterocycles. The Balaban J connectivity index is 1.84. The molecular formula is C19H23N3O3. The van der Waals surface area contributed by atoms with Crippen LogP contribution >= 0.6 is 0 Å². The maximum Gasteiger partial charge on any atom is 0.331 e. The molecule has 0 spiro atoms. The van der Waals surface area contributed by atoms with Gasteiger partial charge in [-0.15, -0.1) is 0 Å². The summed E-state index contributed by atoms with van der Waals surface area (Å²) in [5.41, 5.74) is 3.70. The molecule has 0 N–H and O–H groups in total. The highest BCUT2D eigenvalue weighted by molar-refractivity contribution is 5.89. The lowest BCUT2D eigenvalue weighted by molar-refractivity contribution is -0.147. The number of hydrogen-bond donors (Lipinski definition) is 0. The first-order chi connectivity index (χ1) is 11.9. The molecular weight excluding hydrogens is 318 g/mol. The number of ether oxygens (including phenoxy) is 1. The third-order valence-electron chi connectivity index (χ3n) is 3.98. The molecule has 25 heavy (non-hydrogen) atoms. The molecule has 1 amide bonds. The zero-order chi connectivity index (χ0) is 18.4. The van der Waals surface area contributed by atoms with Crippen molar-refractivity contribution in [2.24, 2.45) is 7.05 Å². The molecule has 2 rings (SSSR count). The average Bonchev–Trinajstić information content (AvgIpc) is 2.83. The van der Waals surface area contributed by atoms with Crippen LogP contribution in [0.4, 0.5) is 0 Å². The highest BCUT2D eigenvalue weighted by Gasteiger charge is 2.12. The van der Waals surface area contributed by atoms with Gasteiger partial charge in [0, 0.05) is 38.0 Å². The van der Waals surface area contributed by atoms with E-state index in [4.69, 9.17) is 4.74 Å². The largest absolute Gasteiger partial charge is 0.452 e. The Morgan fingerprint density at radius 2 is 1.92 bits per heavy atom. The molecule has 1 heterocycles. The monoisotopic (exact) mass is 341 g/mol. The Kier molecular flexibility index (Phi) is 6.11. The van der Waals surface area contributed by atoms with Gasteiger partial charge in [0.25, 0.3) is 5.91 Å². The van der Waals surface area contributed by atoms with Crippen molar-refractivity contribution in [2.45, 2.75) is 20.4 Å². The van der Waals surface area contributed by atoms with Gasteiger partial charge in [-0.3, -0.25) is 9.48 Å². The van der Waals surface area contributed by atoms with Crippen LogP contribution in [0.1, 0.15) is 22.5 Å². The number of likely N-dealkylation sites (N-methyl/N-ethyl adjacent to an activating group) is 1. The van der Waals surface area contributed by atoms with E-state index in [1.165, 1.54) is 11.0 Å². The van der Waals surface area contributed by atoms with Gasteiger partial charge < -0.3 is 9.64 Å². The summed E-state index contributed by atoms with van der Waals surface area (Å²) in [6.07, 6.45) is 2.99. The normalized spacial score (nSPS) is 10.9. The van der Waals surface area contributed by atoms with Crippen LogP contribution in [0.3, 0.4) is 0 Å². The van der Waals surface area contributed by atoms with Crippen LogP contribution in [0, 0.1) is 13.8 Å². The molecule has 2 aromatic rings. The number of benzene rings is 1. The predicted octanol–water partition coefficient (Wildman–Crippen LogP) is 2.25. The number of carbonyl (C=O) groups excluding carboxylic acids is 2. The number of aromatic nitrogens is 2. The summed E-state index contributed by atoms with van der Waals surface area (Å²) in [7, 11) is 3.53. The van der Waals surface area contributed by atoms with Crippen LogP contribution in [0.15, 0.2) is 36.4 Å². The first-order valence-corrected chi connectivity index (χ1v) is 8.01. The van der Waals surface area contributed by atoms with Crippen LogP contribution in [-0.2, 0) is 27.9 Å². The van der Waals surface area contributed by atoms with E-state index in [2.05, 4.69) is 5.10 Å². The van der Waals surface area contributed by atoms with E-state index < -0.39 is 5.97 Å². The molecule has 0 unspecified atom stereocenters. The highest BCUT2D eigenvalue weighted by atomic mass is 16.5. The van der Waals surface area contributed by atoms with Crippen LogP contribution in [-0.4, -0.2) is 40.2 Å². The molecule has 0 saturated heterocycles. The minimum Gasteiger partial charge on any atom is -0.452 e. The summed E-state index contributed by atoms with van der Waals surface area (Å²) in [5.74, 6) is -0.802. The van der Waals surface area contributed by atoms with Crippen molar-refractivity contribution in [1.29, 1.82) is 0 Å². The first-order valence-electron chi connectivity index (χ1n) is 8.01. The minimum atomic E-state index is -0.552. The fraction of sp³-hybridized carbons (Fsp3) is 0.316. The lowest BCUT2D eigenvalue weighted by Crippen LogP contribution is -2.30. The molecule has 0 aliphatic carbocycles. The van der Waals surface area contributed by atoms with E-state index in [1.54, 1.807) is 17.8 Å². The van der Waals surface area contributed by atoms with Gasteiger partial charge in [-0.2, -0.15) is 5.10 Å². The number of amides is 1. The molecule has 1 aromatic heterocycles. The Hall–Kier alpha value is -2.89. The average molecular weight is 341 g/mol. The summed E-state index contributed by atoms with van der Waals surface area (Å²) in [6, 6.07) is 9.64. The van der Waals surface area contributed by atoms with Crippen molar-refractivity contribution in [3.05, 3.63) is 58.9 Å². The van der Waals surface area contributed by atoms with Gasteiger partial charge in [-0.1, -0.05) is 30.3 Å². The van der Waals surface area contributed by atoms with Gasteiger partial charge in [0.05, 0.1) is 5.69 Å². The van der Waals surface area contributed by atoms with Gasteiger partial charge in [0.2, 0.25) is 0 Å². The fourth-order valence-corrected chi connectivity index (χ4v) is 2.42. The summed E-state index contributed by atoms with van der Waals surface area (Å²) in [4.78, 5) is 25.4. The lowest BCUT2D eigenvalue weighted by atomic mass is 10.2. The molecule has 0 atom stereocenters. The lowest BCUT2D eigenvalue weighted by Gasteiger charge is -2.16. The van der Waals surface area contributed by atoms with Gasteiger partial charge in [0.15, 0.2) is 6.61 Å². The number of carbonyl (C=O) groups is 2. The van der Waals surface area contributed by atoms with Crippen molar-refractivity contribution in [1.82, 2.24) is 14.7 Å². The molecule has 1 aromatic carbocycles. The topological polar surface area (TPSA) is 64.4 Å². The Morgan fingerprint density at radius 3 is 2.52 bits per heavy atom. The minimum absolute atomic E-state index is 0.251. The van der Waals surface area contributed by atoms with Gasteiger partial charge in [-0.25, -0.2) is 4.79 Å². The Bertz CT molecular complexity index is 779. The number of esters is 1. The quantitative estimate of drug-likeness (QED) is 0.597. The number of nitrogens with zero attached hydrogens (tertiary/aromatic N) is 3.